The van der Waals surface area contributed by atoms with Gasteiger partial charge in [-0.1, -0.05) is 6.07 Å². The van der Waals surface area contributed by atoms with Crippen molar-refractivity contribution in [2.24, 2.45) is 5.73 Å². The number of halogens is 2. The van der Waals surface area contributed by atoms with Gasteiger partial charge in [-0.15, -0.1) is 0 Å². The number of alkyl halides is 2. The van der Waals surface area contributed by atoms with Crippen LogP contribution in [0.3, 0.4) is 0 Å². The number of nitrogens with two attached hydrogens (primary N) is 1. The molecule has 2 amide bonds. The summed E-state index contributed by atoms with van der Waals surface area (Å²) in [5.41, 5.74) is 4.85. The molecule has 8 heteroatoms. The molecule has 0 aromatic heterocycles. The van der Waals surface area contributed by atoms with Crippen molar-refractivity contribution in [3.05, 3.63) is 29.8 Å². The van der Waals surface area contributed by atoms with Gasteiger partial charge in [0.25, 0.3) is 5.91 Å². The molecular weight excluding hydrogens is 262 g/mol. The number of aliphatic hydroxyl groups is 1. The van der Waals surface area contributed by atoms with Gasteiger partial charge in [0.1, 0.15) is 11.9 Å². The molecule has 0 bridgehead atoms. The highest BCUT2D eigenvalue weighted by Crippen LogP contribution is 2.15. The lowest BCUT2D eigenvalue weighted by atomic mass is 10.2. The first-order chi connectivity index (χ1) is 8.90. The lowest BCUT2D eigenvalue weighted by Crippen LogP contribution is -2.39. The topological polar surface area (TPSA) is 102 Å². The van der Waals surface area contributed by atoms with Gasteiger partial charge in [0.15, 0.2) is 0 Å². The molecular formula is C11H12F2N2O4. The Hall–Kier alpha value is -2.22. The van der Waals surface area contributed by atoms with E-state index in [2.05, 4.69) is 10.1 Å². The molecule has 0 spiro atoms. The second-order valence-electron chi connectivity index (χ2n) is 3.53. The molecule has 6 nitrogen and oxygen atoms in total. The van der Waals surface area contributed by atoms with Gasteiger partial charge in [0.2, 0.25) is 5.91 Å². The summed E-state index contributed by atoms with van der Waals surface area (Å²) in [4.78, 5) is 22.1. The van der Waals surface area contributed by atoms with Gasteiger partial charge >= 0.3 is 6.61 Å². The predicted octanol–water partition coefficient (Wildman–Crippen LogP) is -0.136. The number of carbonyl (C=O) groups is 2. The van der Waals surface area contributed by atoms with E-state index in [9.17, 15) is 18.4 Å². The molecule has 0 aliphatic rings. The number of hydrogen-bond donors (Lipinski definition) is 3. The van der Waals surface area contributed by atoms with E-state index in [1.165, 1.54) is 18.2 Å². The second kappa shape index (κ2) is 6.64. The minimum absolute atomic E-state index is 0.0508. The van der Waals surface area contributed by atoms with Crippen LogP contribution in [-0.2, 0) is 4.79 Å². The fourth-order valence-corrected chi connectivity index (χ4v) is 1.21. The molecule has 1 unspecified atom stereocenters. The Morgan fingerprint density at radius 3 is 2.68 bits per heavy atom. The summed E-state index contributed by atoms with van der Waals surface area (Å²) < 4.78 is 28.1. The standard InChI is InChI=1S/C11H12F2N2O4/c12-11(13)19-7-3-1-2-6(4-7)10(18)15-5-8(16)9(14)17/h1-4,8,11,16H,5H2,(H2,14,17)(H,15,18). The maximum atomic E-state index is 12.0. The zero-order valence-corrected chi connectivity index (χ0v) is 9.68. The van der Waals surface area contributed by atoms with Gasteiger partial charge in [-0.2, -0.15) is 8.78 Å². The number of hydrogen-bond acceptors (Lipinski definition) is 4. The highest BCUT2D eigenvalue weighted by atomic mass is 19.3. The first-order valence-electron chi connectivity index (χ1n) is 5.20. The van der Waals surface area contributed by atoms with E-state index in [0.29, 0.717) is 0 Å². The molecule has 0 saturated carbocycles. The Morgan fingerprint density at radius 2 is 2.11 bits per heavy atom. The zero-order valence-electron chi connectivity index (χ0n) is 9.68. The third-order valence-corrected chi connectivity index (χ3v) is 2.11. The molecule has 0 heterocycles. The molecule has 1 aromatic carbocycles. The average Bonchev–Trinajstić information content (AvgIpc) is 2.34. The molecule has 0 fully saturated rings. The number of benzene rings is 1. The van der Waals surface area contributed by atoms with Gasteiger partial charge in [-0.25, -0.2) is 0 Å². The second-order valence-corrected chi connectivity index (χ2v) is 3.53. The number of primary amides is 1. The van der Waals surface area contributed by atoms with Crippen LogP contribution in [0.4, 0.5) is 8.78 Å². The molecule has 4 N–H and O–H groups in total. The molecule has 1 atom stereocenters. The van der Waals surface area contributed by atoms with Gasteiger partial charge in [0.05, 0.1) is 6.54 Å². The third-order valence-electron chi connectivity index (χ3n) is 2.11. The van der Waals surface area contributed by atoms with E-state index < -0.39 is 24.5 Å². The average molecular weight is 274 g/mol. The minimum atomic E-state index is -2.99. The summed E-state index contributed by atoms with van der Waals surface area (Å²) in [5, 5.41) is 11.3. The summed E-state index contributed by atoms with van der Waals surface area (Å²) in [7, 11) is 0. The predicted molar refractivity (Wildman–Crippen MR) is 60.6 cm³/mol. The van der Waals surface area contributed by atoms with Crippen molar-refractivity contribution in [3.63, 3.8) is 0 Å². The summed E-state index contributed by atoms with van der Waals surface area (Å²) in [6, 6.07) is 5.10. The first-order valence-corrected chi connectivity index (χ1v) is 5.20. The van der Waals surface area contributed by atoms with Gasteiger partial charge in [-0.05, 0) is 18.2 Å². The van der Waals surface area contributed by atoms with Crippen molar-refractivity contribution in [1.82, 2.24) is 5.32 Å². The molecule has 0 radical (unpaired) electrons. The monoisotopic (exact) mass is 274 g/mol. The van der Waals surface area contributed by atoms with Crippen LogP contribution in [0.5, 0.6) is 5.75 Å². The van der Waals surface area contributed by atoms with E-state index in [0.717, 1.165) is 6.07 Å². The lowest BCUT2D eigenvalue weighted by Gasteiger charge is -2.09. The van der Waals surface area contributed by atoms with Crippen molar-refractivity contribution in [2.75, 3.05) is 6.54 Å². The van der Waals surface area contributed by atoms with Crippen LogP contribution in [0.25, 0.3) is 0 Å². The van der Waals surface area contributed by atoms with E-state index in [4.69, 9.17) is 10.8 Å². The smallest absolute Gasteiger partial charge is 0.387 e. The van der Waals surface area contributed by atoms with Gasteiger partial charge < -0.3 is 20.9 Å². The Morgan fingerprint density at radius 1 is 1.42 bits per heavy atom. The summed E-state index contributed by atoms with van der Waals surface area (Å²) in [6.07, 6.45) is -1.51. The zero-order chi connectivity index (χ0) is 14.4. The number of ether oxygens (including phenoxy) is 1. The molecule has 0 aliphatic carbocycles. The van der Waals surface area contributed by atoms with Crippen molar-refractivity contribution in [1.29, 1.82) is 0 Å². The highest BCUT2D eigenvalue weighted by Gasteiger charge is 2.14. The Bertz CT molecular complexity index is 468. The molecule has 0 aliphatic heterocycles. The van der Waals surface area contributed by atoms with E-state index in [1.54, 1.807) is 0 Å². The van der Waals surface area contributed by atoms with Crippen molar-refractivity contribution < 1.29 is 28.2 Å². The van der Waals surface area contributed by atoms with Crippen LogP contribution in [0.1, 0.15) is 10.4 Å². The van der Waals surface area contributed by atoms with Crippen LogP contribution >= 0.6 is 0 Å². The fraction of sp³-hybridized carbons (Fsp3) is 0.273. The fourth-order valence-electron chi connectivity index (χ4n) is 1.21. The SMILES string of the molecule is NC(=O)C(O)CNC(=O)c1cccc(OC(F)F)c1. The van der Waals surface area contributed by atoms with E-state index in [1.807, 2.05) is 0 Å². The van der Waals surface area contributed by atoms with Crippen LogP contribution in [-0.4, -0.2) is 36.2 Å². The van der Waals surface area contributed by atoms with Crippen molar-refractivity contribution in [2.45, 2.75) is 12.7 Å². The Labute approximate surface area is 107 Å². The van der Waals surface area contributed by atoms with Crippen LogP contribution < -0.4 is 15.8 Å². The number of aliphatic hydroxyl groups excluding tert-OH is 1. The van der Waals surface area contributed by atoms with E-state index in [-0.39, 0.29) is 17.9 Å². The Balaban J connectivity index is 2.64. The molecule has 1 aromatic rings. The van der Waals surface area contributed by atoms with Crippen LogP contribution in [0.2, 0.25) is 0 Å². The minimum Gasteiger partial charge on any atom is -0.435 e. The molecule has 104 valence electrons. The van der Waals surface area contributed by atoms with Gasteiger partial charge in [-0.3, -0.25) is 9.59 Å². The molecule has 0 saturated heterocycles. The molecule has 19 heavy (non-hydrogen) atoms. The third kappa shape index (κ3) is 4.88. The number of rotatable bonds is 6. The highest BCUT2D eigenvalue weighted by molar-refractivity contribution is 5.95. The number of amides is 2. The van der Waals surface area contributed by atoms with Crippen molar-refractivity contribution >= 4 is 11.8 Å². The first kappa shape index (κ1) is 14.8. The summed E-state index contributed by atoms with van der Waals surface area (Å²) >= 11 is 0. The van der Waals surface area contributed by atoms with E-state index >= 15 is 0 Å². The van der Waals surface area contributed by atoms with Crippen LogP contribution in [0.15, 0.2) is 24.3 Å². The number of carbonyl (C=O) groups excluding carboxylic acids is 2. The largest absolute Gasteiger partial charge is 0.435 e. The normalized spacial score (nSPS) is 12.0. The lowest BCUT2D eigenvalue weighted by molar-refractivity contribution is -0.125. The Kier molecular flexibility index (Phi) is 5.19. The van der Waals surface area contributed by atoms with Gasteiger partial charge in [0, 0.05) is 5.56 Å². The molecule has 1 rings (SSSR count). The maximum absolute atomic E-state index is 12.0. The maximum Gasteiger partial charge on any atom is 0.387 e. The summed E-state index contributed by atoms with van der Waals surface area (Å²) in [6.45, 7) is -3.36. The van der Waals surface area contributed by atoms with Crippen LogP contribution in [0, 0.1) is 0 Å². The number of nitrogens with one attached hydrogen (secondary N) is 1. The summed E-state index contributed by atoms with van der Waals surface area (Å²) in [5.74, 6) is -1.80. The quantitative estimate of drug-likeness (QED) is 0.672. The van der Waals surface area contributed by atoms with Crippen molar-refractivity contribution in [3.8, 4) is 5.75 Å².